The Kier molecular flexibility index (Phi) is 4.78. The molecule has 0 saturated carbocycles. The summed E-state index contributed by atoms with van der Waals surface area (Å²) >= 11 is 0. The Hall–Kier alpha value is -1.26. The van der Waals surface area contributed by atoms with E-state index in [4.69, 9.17) is 0 Å². The maximum atomic E-state index is 11.7. The Morgan fingerprint density at radius 1 is 1.35 bits per heavy atom. The van der Waals surface area contributed by atoms with Crippen LogP contribution in [0.15, 0.2) is 33.6 Å². The molecule has 17 heavy (non-hydrogen) atoms. The zero-order chi connectivity index (χ0) is 12.9. The van der Waals surface area contributed by atoms with Crippen molar-refractivity contribution in [2.75, 3.05) is 7.11 Å². The van der Waals surface area contributed by atoms with Crippen LogP contribution in [0.1, 0.15) is 5.56 Å². The first kappa shape index (κ1) is 13.8. The Labute approximate surface area is 102 Å². The van der Waals surface area contributed by atoms with Gasteiger partial charge in [-0.05, 0) is 19.1 Å². The van der Waals surface area contributed by atoms with E-state index < -0.39 is 24.3 Å². The van der Waals surface area contributed by atoms with Crippen LogP contribution in [0.5, 0.6) is 0 Å². The topological polar surface area (TPSA) is 72.8 Å². The Bertz CT molecular complexity index is 522. The number of benzene rings is 1. The van der Waals surface area contributed by atoms with Crippen molar-refractivity contribution in [1.29, 1.82) is 0 Å². The summed E-state index contributed by atoms with van der Waals surface area (Å²) in [6.07, 6.45) is 0. The van der Waals surface area contributed by atoms with Gasteiger partial charge >= 0.3 is 5.71 Å². The monoisotopic (exact) mass is 273 g/mol. The molecule has 0 radical (unpaired) electrons. The third kappa shape index (κ3) is 4.24. The molecule has 1 aromatic rings. The minimum atomic E-state index is -3.71. The summed E-state index contributed by atoms with van der Waals surface area (Å²) < 4.78 is 31.1. The fourth-order valence-corrected chi connectivity index (χ4v) is 2.57. The van der Waals surface area contributed by atoms with Crippen molar-refractivity contribution >= 4 is 30.3 Å². The van der Waals surface area contributed by atoms with Gasteiger partial charge in [0.05, 0.1) is 12.0 Å². The van der Waals surface area contributed by atoms with Crippen LogP contribution >= 0.6 is 8.58 Å². The molecule has 7 heteroatoms. The van der Waals surface area contributed by atoms with Crippen LogP contribution in [0, 0.1) is 6.92 Å². The van der Waals surface area contributed by atoms with Gasteiger partial charge in [0.15, 0.2) is 0 Å². The minimum absolute atomic E-state index is 0.106. The van der Waals surface area contributed by atoms with E-state index in [9.17, 15) is 13.2 Å². The van der Waals surface area contributed by atoms with Gasteiger partial charge < -0.3 is 4.74 Å². The lowest BCUT2D eigenvalue weighted by atomic mass is 10.2. The lowest BCUT2D eigenvalue weighted by Crippen LogP contribution is -1.97. The number of aryl methyl sites for hydroxylation is 1. The number of sulfonamides is 1. The molecule has 0 N–H and O–H groups in total. The molecule has 0 aromatic heterocycles. The van der Waals surface area contributed by atoms with E-state index in [1.807, 2.05) is 6.92 Å². The standard InChI is InChI=1S/C10H12NO4PS/c1-8-3-5-9(6-4-8)17(13,14)11-7-16-10(12)15-2/h3-7,16H,1-2H3/b11-7+. The van der Waals surface area contributed by atoms with E-state index in [-0.39, 0.29) is 4.90 Å². The van der Waals surface area contributed by atoms with Crippen LogP contribution < -0.4 is 0 Å². The fraction of sp³-hybridized carbons (Fsp3) is 0.200. The van der Waals surface area contributed by atoms with Gasteiger partial charge in [0.25, 0.3) is 10.0 Å². The van der Waals surface area contributed by atoms with Crippen LogP contribution in [0.2, 0.25) is 0 Å². The molecule has 0 heterocycles. The molecular formula is C10H12NO4PS. The first-order valence-corrected chi connectivity index (χ1v) is 7.17. The normalized spacial score (nSPS) is 12.4. The Balaban J connectivity index is 2.82. The summed E-state index contributed by atoms with van der Waals surface area (Å²) in [5, 5.41) is 0. The molecule has 1 rings (SSSR count). The predicted molar refractivity (Wildman–Crippen MR) is 67.6 cm³/mol. The summed E-state index contributed by atoms with van der Waals surface area (Å²) in [6, 6.07) is 6.32. The van der Waals surface area contributed by atoms with Crippen molar-refractivity contribution in [2.45, 2.75) is 11.8 Å². The molecule has 0 bridgehead atoms. The van der Waals surface area contributed by atoms with Gasteiger partial charge in [-0.15, -0.1) is 0 Å². The second-order valence-electron chi connectivity index (χ2n) is 3.16. The highest BCUT2D eigenvalue weighted by atomic mass is 32.2. The molecule has 0 aliphatic rings. The van der Waals surface area contributed by atoms with Crippen LogP contribution in [-0.4, -0.2) is 27.2 Å². The van der Waals surface area contributed by atoms with Crippen molar-refractivity contribution in [2.24, 2.45) is 4.40 Å². The molecule has 0 fully saturated rings. The fourth-order valence-electron chi connectivity index (χ4n) is 0.978. The number of hydrogen-bond donors (Lipinski definition) is 0. The van der Waals surface area contributed by atoms with Gasteiger partial charge in [0.1, 0.15) is 0 Å². The first-order chi connectivity index (χ1) is 7.95. The Morgan fingerprint density at radius 3 is 2.47 bits per heavy atom. The van der Waals surface area contributed by atoms with Crippen molar-refractivity contribution in [3.05, 3.63) is 29.8 Å². The van der Waals surface area contributed by atoms with E-state index >= 15 is 0 Å². The summed E-state index contributed by atoms with van der Waals surface area (Å²) in [6.45, 7) is 1.86. The van der Waals surface area contributed by atoms with E-state index in [1.165, 1.54) is 19.2 Å². The minimum Gasteiger partial charge on any atom is -0.466 e. The molecule has 1 aromatic carbocycles. The lowest BCUT2D eigenvalue weighted by molar-refractivity contribution is 0.200. The highest BCUT2D eigenvalue weighted by Gasteiger charge is 2.11. The van der Waals surface area contributed by atoms with Gasteiger partial charge in [-0.3, -0.25) is 0 Å². The highest BCUT2D eigenvalue weighted by molar-refractivity contribution is 7.91. The summed E-state index contributed by atoms with van der Waals surface area (Å²) in [7, 11) is -2.89. The van der Waals surface area contributed by atoms with Crippen molar-refractivity contribution in [3.8, 4) is 0 Å². The zero-order valence-corrected chi connectivity index (χ0v) is 11.2. The zero-order valence-electron chi connectivity index (χ0n) is 9.38. The molecule has 5 nitrogen and oxygen atoms in total. The van der Waals surface area contributed by atoms with Crippen LogP contribution in [0.3, 0.4) is 0 Å². The van der Waals surface area contributed by atoms with E-state index in [0.29, 0.717) is 0 Å². The highest BCUT2D eigenvalue weighted by Crippen LogP contribution is 2.15. The lowest BCUT2D eigenvalue weighted by Gasteiger charge is -1.98. The van der Waals surface area contributed by atoms with E-state index in [2.05, 4.69) is 9.13 Å². The van der Waals surface area contributed by atoms with Gasteiger partial charge in [-0.1, -0.05) is 17.7 Å². The van der Waals surface area contributed by atoms with Crippen LogP contribution in [0.4, 0.5) is 4.79 Å². The third-order valence-electron chi connectivity index (χ3n) is 1.88. The molecule has 0 aliphatic carbocycles. The van der Waals surface area contributed by atoms with Gasteiger partial charge in [-0.2, -0.15) is 12.8 Å². The summed E-state index contributed by atoms with van der Waals surface area (Å²) in [5.41, 5.74) is 0.456. The number of carbonyl (C=O) groups is 1. The smallest absolute Gasteiger partial charge is 0.328 e. The first-order valence-electron chi connectivity index (χ1n) is 4.65. The van der Waals surface area contributed by atoms with Crippen molar-refractivity contribution in [3.63, 3.8) is 0 Å². The maximum Gasteiger partial charge on any atom is 0.328 e. The Morgan fingerprint density at radius 2 is 1.94 bits per heavy atom. The summed E-state index contributed by atoms with van der Waals surface area (Å²) in [4.78, 5) is 10.9. The van der Waals surface area contributed by atoms with Crippen molar-refractivity contribution < 1.29 is 17.9 Å². The number of carbonyl (C=O) groups excluding carboxylic acids is 1. The number of nitrogens with zero attached hydrogens (tertiary/aromatic N) is 1. The van der Waals surface area contributed by atoms with E-state index in [0.717, 1.165) is 11.5 Å². The van der Waals surface area contributed by atoms with Gasteiger partial charge in [0, 0.05) is 14.5 Å². The van der Waals surface area contributed by atoms with Gasteiger partial charge in [0.2, 0.25) is 0 Å². The number of hydrogen-bond acceptors (Lipinski definition) is 4. The summed E-state index contributed by atoms with van der Waals surface area (Å²) in [5.74, 6) is 1.06. The number of ether oxygens (including phenoxy) is 1. The molecule has 1 unspecified atom stereocenters. The number of methoxy groups -OCH3 is 1. The van der Waals surface area contributed by atoms with Gasteiger partial charge in [-0.25, -0.2) is 4.79 Å². The SMILES string of the molecule is COC(=O)P/C=N/S(=O)(=O)c1ccc(C)cc1. The quantitative estimate of drug-likeness (QED) is 0.622. The molecule has 0 aliphatic heterocycles. The molecule has 1 atom stereocenters. The largest absolute Gasteiger partial charge is 0.466 e. The van der Waals surface area contributed by atoms with Crippen LogP contribution in [0.25, 0.3) is 0 Å². The average molecular weight is 273 g/mol. The van der Waals surface area contributed by atoms with Crippen LogP contribution in [-0.2, 0) is 14.8 Å². The molecular weight excluding hydrogens is 261 g/mol. The van der Waals surface area contributed by atoms with E-state index in [1.54, 1.807) is 12.1 Å². The second kappa shape index (κ2) is 5.89. The third-order valence-corrected chi connectivity index (χ3v) is 4.01. The number of rotatable bonds is 4. The average Bonchev–Trinajstić information content (AvgIpc) is 2.29. The molecule has 0 amide bonds. The molecule has 92 valence electrons. The van der Waals surface area contributed by atoms with Crippen molar-refractivity contribution in [1.82, 2.24) is 0 Å². The second-order valence-corrected chi connectivity index (χ2v) is 5.75. The maximum absolute atomic E-state index is 11.7. The molecule has 0 spiro atoms. The predicted octanol–water partition coefficient (Wildman–Crippen LogP) is 2.16. The molecule has 0 saturated heterocycles.